The second kappa shape index (κ2) is 7.47. The third-order valence-corrected chi connectivity index (χ3v) is 4.64. The number of hydrogen-bond donors (Lipinski definition) is 1. The van der Waals surface area contributed by atoms with Crippen LogP contribution in [0.25, 0.3) is 11.4 Å². The lowest BCUT2D eigenvalue weighted by atomic mass is 10.2. The van der Waals surface area contributed by atoms with Crippen LogP contribution in [0.5, 0.6) is 0 Å². The van der Waals surface area contributed by atoms with Crippen LogP contribution in [-0.2, 0) is 17.6 Å². The van der Waals surface area contributed by atoms with Crippen LogP contribution in [0.15, 0.2) is 28.8 Å². The van der Waals surface area contributed by atoms with E-state index in [9.17, 15) is 4.79 Å². The molecule has 0 spiro atoms. The summed E-state index contributed by atoms with van der Waals surface area (Å²) in [5, 5.41) is 18.2. The van der Waals surface area contributed by atoms with Gasteiger partial charge in [0.05, 0.1) is 11.4 Å². The summed E-state index contributed by atoms with van der Waals surface area (Å²) in [5.74, 6) is 2.42. The molecule has 8 nitrogen and oxygen atoms in total. The third kappa shape index (κ3) is 4.05. The van der Waals surface area contributed by atoms with E-state index < -0.39 is 0 Å². The fourth-order valence-corrected chi connectivity index (χ4v) is 3.34. The molecule has 3 rings (SSSR count). The quantitative estimate of drug-likeness (QED) is 0.722. The molecule has 3 aromatic rings. The summed E-state index contributed by atoms with van der Waals surface area (Å²) in [6.07, 6.45) is 0. The second-order valence-electron chi connectivity index (χ2n) is 5.55. The summed E-state index contributed by atoms with van der Waals surface area (Å²) in [6.45, 7) is 3.78. The van der Waals surface area contributed by atoms with Crippen molar-refractivity contribution in [3.05, 3.63) is 41.3 Å². The zero-order valence-corrected chi connectivity index (χ0v) is 15.0. The van der Waals surface area contributed by atoms with Crippen molar-refractivity contribution in [3.8, 4) is 11.4 Å². The van der Waals surface area contributed by atoms with Crippen LogP contribution in [0.1, 0.15) is 17.0 Å². The van der Waals surface area contributed by atoms with Gasteiger partial charge in [-0.3, -0.25) is 4.79 Å². The van der Waals surface area contributed by atoms with E-state index in [1.165, 1.54) is 11.8 Å². The number of benzene rings is 1. The number of amides is 1. The van der Waals surface area contributed by atoms with Crippen LogP contribution in [-0.4, -0.2) is 37.0 Å². The molecule has 0 saturated carbocycles. The smallest absolute Gasteiger partial charge is 0.234 e. The van der Waals surface area contributed by atoms with E-state index >= 15 is 0 Å². The van der Waals surface area contributed by atoms with Crippen LogP contribution in [0.2, 0.25) is 0 Å². The van der Waals surface area contributed by atoms with Crippen molar-refractivity contribution in [2.24, 2.45) is 7.05 Å². The number of thioether (sulfide) groups is 1. The first-order chi connectivity index (χ1) is 12.0. The van der Waals surface area contributed by atoms with Gasteiger partial charge >= 0.3 is 0 Å². The highest BCUT2D eigenvalue weighted by Gasteiger charge is 2.11. The molecular formula is C16H18N6O2S. The van der Waals surface area contributed by atoms with Crippen LogP contribution in [0, 0.1) is 13.8 Å². The molecule has 0 aliphatic heterocycles. The van der Waals surface area contributed by atoms with Gasteiger partial charge in [0.1, 0.15) is 5.76 Å². The van der Waals surface area contributed by atoms with Gasteiger partial charge in [0, 0.05) is 29.6 Å². The summed E-state index contributed by atoms with van der Waals surface area (Å²) < 4.78 is 6.71. The van der Waals surface area contributed by atoms with E-state index in [1.807, 2.05) is 38.1 Å². The number of nitrogens with one attached hydrogen (secondary N) is 1. The van der Waals surface area contributed by atoms with Gasteiger partial charge < -0.3 is 9.84 Å². The highest BCUT2D eigenvalue weighted by Crippen LogP contribution is 2.21. The van der Waals surface area contributed by atoms with E-state index in [1.54, 1.807) is 11.7 Å². The predicted octanol–water partition coefficient (Wildman–Crippen LogP) is 2.35. The Bertz CT molecular complexity index is 869. The fourth-order valence-electron chi connectivity index (χ4n) is 2.36. The Morgan fingerprint density at radius 1 is 1.36 bits per heavy atom. The van der Waals surface area contributed by atoms with Gasteiger partial charge in [-0.25, -0.2) is 4.68 Å². The molecule has 0 saturated heterocycles. The number of rotatable bonds is 6. The summed E-state index contributed by atoms with van der Waals surface area (Å²) in [6, 6.07) is 7.44. The van der Waals surface area contributed by atoms with Crippen molar-refractivity contribution in [3.63, 3.8) is 0 Å². The topological polar surface area (TPSA) is 98.7 Å². The van der Waals surface area contributed by atoms with E-state index in [0.717, 1.165) is 22.6 Å². The Morgan fingerprint density at radius 2 is 2.20 bits per heavy atom. The zero-order valence-electron chi connectivity index (χ0n) is 14.2. The number of tetrazole rings is 1. The summed E-state index contributed by atoms with van der Waals surface area (Å²) in [5.41, 5.74) is 3.47. The van der Waals surface area contributed by atoms with Crippen LogP contribution >= 0.6 is 11.8 Å². The molecule has 0 radical (unpaired) electrons. The van der Waals surface area contributed by atoms with Crippen LogP contribution < -0.4 is 5.32 Å². The molecule has 0 bridgehead atoms. The Hall–Kier alpha value is -2.68. The Morgan fingerprint density at radius 3 is 2.88 bits per heavy atom. The van der Waals surface area contributed by atoms with Crippen molar-refractivity contribution < 1.29 is 9.32 Å². The summed E-state index contributed by atoms with van der Waals surface area (Å²) in [7, 11) is 1.77. The number of carbonyl (C=O) groups is 1. The number of anilines is 1. The van der Waals surface area contributed by atoms with E-state index in [4.69, 9.17) is 4.52 Å². The van der Waals surface area contributed by atoms with Crippen LogP contribution in [0.4, 0.5) is 5.69 Å². The molecule has 1 amide bonds. The largest absolute Gasteiger partial charge is 0.361 e. The van der Waals surface area contributed by atoms with Gasteiger partial charge in [0.15, 0.2) is 5.82 Å². The van der Waals surface area contributed by atoms with Gasteiger partial charge in [0.25, 0.3) is 0 Å². The monoisotopic (exact) mass is 358 g/mol. The average Bonchev–Trinajstić information content (AvgIpc) is 3.15. The Kier molecular flexibility index (Phi) is 5.13. The molecule has 2 heterocycles. The number of hydrogen-bond acceptors (Lipinski definition) is 7. The molecule has 25 heavy (non-hydrogen) atoms. The third-order valence-electron chi connectivity index (χ3n) is 3.69. The van der Waals surface area contributed by atoms with Crippen LogP contribution in [0.3, 0.4) is 0 Å². The predicted molar refractivity (Wildman–Crippen MR) is 95.0 cm³/mol. The minimum atomic E-state index is -0.0648. The Labute approximate surface area is 149 Å². The number of carbonyl (C=O) groups excluding carboxylic acids is 1. The maximum Gasteiger partial charge on any atom is 0.234 e. The maximum atomic E-state index is 12.2. The number of nitrogens with zero attached hydrogens (tertiary/aromatic N) is 5. The molecular weight excluding hydrogens is 340 g/mol. The van der Waals surface area contributed by atoms with Crippen molar-refractivity contribution >= 4 is 23.4 Å². The minimum Gasteiger partial charge on any atom is -0.361 e. The number of aromatic nitrogens is 5. The average molecular weight is 358 g/mol. The SMILES string of the molecule is Cc1noc(C)c1CSCC(=O)Nc1cccc(-c2nnnn2C)c1. The molecule has 0 aliphatic rings. The molecule has 0 fully saturated rings. The molecule has 9 heteroatoms. The molecule has 1 aromatic carbocycles. The first-order valence-corrected chi connectivity index (χ1v) is 8.82. The minimum absolute atomic E-state index is 0.0648. The summed E-state index contributed by atoms with van der Waals surface area (Å²) in [4.78, 5) is 12.2. The molecule has 0 aliphatic carbocycles. The molecule has 0 unspecified atom stereocenters. The van der Waals surface area contributed by atoms with Crippen molar-refractivity contribution in [2.75, 3.05) is 11.1 Å². The zero-order chi connectivity index (χ0) is 17.8. The normalized spacial score (nSPS) is 10.8. The maximum absolute atomic E-state index is 12.2. The molecule has 1 N–H and O–H groups in total. The van der Waals surface area contributed by atoms with Gasteiger partial charge in [0.2, 0.25) is 5.91 Å². The van der Waals surface area contributed by atoms with Crippen molar-refractivity contribution in [1.82, 2.24) is 25.4 Å². The Balaban J connectivity index is 1.57. The van der Waals surface area contributed by atoms with Gasteiger partial charge in [-0.15, -0.1) is 16.9 Å². The standard InChI is InChI=1S/C16H18N6O2S/c1-10-14(11(2)24-19-10)8-25-9-15(23)17-13-6-4-5-12(7-13)16-18-20-21-22(16)3/h4-7H,8-9H2,1-3H3,(H,17,23). The lowest BCUT2D eigenvalue weighted by Gasteiger charge is -2.07. The second-order valence-corrected chi connectivity index (χ2v) is 6.54. The number of aryl methyl sites for hydroxylation is 3. The lowest BCUT2D eigenvalue weighted by molar-refractivity contribution is -0.113. The molecule has 0 atom stereocenters. The lowest BCUT2D eigenvalue weighted by Crippen LogP contribution is -2.14. The fraction of sp³-hybridized carbons (Fsp3) is 0.312. The van der Waals surface area contributed by atoms with Crippen molar-refractivity contribution in [2.45, 2.75) is 19.6 Å². The highest BCUT2D eigenvalue weighted by atomic mass is 32.2. The molecule has 130 valence electrons. The van der Waals surface area contributed by atoms with Crippen molar-refractivity contribution in [1.29, 1.82) is 0 Å². The van der Waals surface area contributed by atoms with E-state index in [-0.39, 0.29) is 5.91 Å². The van der Waals surface area contributed by atoms with E-state index in [2.05, 4.69) is 26.0 Å². The van der Waals surface area contributed by atoms with Gasteiger partial charge in [-0.2, -0.15) is 0 Å². The first-order valence-electron chi connectivity index (χ1n) is 7.66. The first kappa shape index (κ1) is 17.2. The van der Waals surface area contributed by atoms with Gasteiger partial charge in [-0.1, -0.05) is 17.3 Å². The van der Waals surface area contributed by atoms with E-state index in [0.29, 0.717) is 23.0 Å². The summed E-state index contributed by atoms with van der Waals surface area (Å²) >= 11 is 1.52. The highest BCUT2D eigenvalue weighted by molar-refractivity contribution is 7.99. The molecule has 2 aromatic heterocycles. The van der Waals surface area contributed by atoms with Gasteiger partial charge in [-0.05, 0) is 36.4 Å².